The highest BCUT2D eigenvalue weighted by Gasteiger charge is 2.32. The summed E-state index contributed by atoms with van der Waals surface area (Å²) in [5, 5.41) is 15.7. The Hall–Kier alpha value is -3.96. The minimum atomic E-state index is -0.413. The molecule has 1 fully saturated rings. The third-order valence-electron chi connectivity index (χ3n) is 8.83. The fraction of sp³-hybridized carbons (Fsp3) is 0.333. The Morgan fingerprint density at radius 3 is 2.37 bits per heavy atom. The summed E-state index contributed by atoms with van der Waals surface area (Å²) in [4.78, 5) is 18.8. The van der Waals surface area contributed by atoms with Crippen LogP contribution in [-0.4, -0.2) is 27.2 Å². The van der Waals surface area contributed by atoms with Gasteiger partial charge in [-0.05, 0) is 67.0 Å². The number of amides is 1. The van der Waals surface area contributed by atoms with Gasteiger partial charge in [-0.1, -0.05) is 92.1 Å². The van der Waals surface area contributed by atoms with Gasteiger partial charge < -0.3 is 15.0 Å². The number of carbonyl (C=O) groups excluding carboxylic acids is 1. The van der Waals surface area contributed by atoms with Crippen LogP contribution in [0.15, 0.2) is 84.9 Å². The van der Waals surface area contributed by atoms with Gasteiger partial charge in [-0.15, -0.1) is 0 Å². The number of hydrogen-bond acceptors (Lipinski definition) is 3. The molecule has 2 heterocycles. The van der Waals surface area contributed by atoms with Crippen molar-refractivity contribution in [3.05, 3.63) is 113 Å². The standard InChI is InChI=1S/C36H39N3O2/c1-24-21-25(2)37-35-33(24)30-15-9-10-16-32(30)39(35)22-26-17-19-29(20-18-26)34(28-13-7-4-8-14-28)36(41)38-31(23-40)27-11-5-3-6-12-27/h3,5-6,9-12,15-21,28,31,34,40H,4,7-8,13-14,22-23H2,1-2H3,(H,38,41). The van der Waals surface area contributed by atoms with Crippen LogP contribution in [0, 0.1) is 19.8 Å². The minimum absolute atomic E-state index is 0.00472. The number of aryl methyl sites for hydroxylation is 2. The third-order valence-corrected chi connectivity index (χ3v) is 8.83. The van der Waals surface area contributed by atoms with Gasteiger partial charge in [-0.2, -0.15) is 0 Å². The van der Waals surface area contributed by atoms with Crippen LogP contribution in [0.3, 0.4) is 0 Å². The first-order valence-corrected chi connectivity index (χ1v) is 14.9. The number of aromatic nitrogens is 2. The van der Waals surface area contributed by atoms with Crippen molar-refractivity contribution < 1.29 is 9.90 Å². The van der Waals surface area contributed by atoms with Crippen molar-refractivity contribution in [2.75, 3.05) is 6.61 Å². The first-order valence-electron chi connectivity index (χ1n) is 14.9. The van der Waals surface area contributed by atoms with Gasteiger partial charge in [0.2, 0.25) is 5.91 Å². The summed E-state index contributed by atoms with van der Waals surface area (Å²) < 4.78 is 2.32. The Balaban J connectivity index is 1.31. The predicted molar refractivity (Wildman–Crippen MR) is 166 cm³/mol. The van der Waals surface area contributed by atoms with E-state index in [2.05, 4.69) is 78.3 Å². The van der Waals surface area contributed by atoms with E-state index in [-0.39, 0.29) is 18.4 Å². The summed E-state index contributed by atoms with van der Waals surface area (Å²) >= 11 is 0. The van der Waals surface area contributed by atoms with Gasteiger partial charge in [0, 0.05) is 23.0 Å². The Morgan fingerprint density at radius 2 is 1.63 bits per heavy atom. The van der Waals surface area contributed by atoms with Crippen molar-refractivity contribution in [2.24, 2.45) is 5.92 Å². The quantitative estimate of drug-likeness (QED) is 0.214. The Bertz CT molecular complexity index is 1650. The Kier molecular flexibility index (Phi) is 7.89. The molecule has 1 amide bonds. The van der Waals surface area contributed by atoms with Crippen LogP contribution in [0.25, 0.3) is 21.9 Å². The number of pyridine rings is 1. The van der Waals surface area contributed by atoms with Crippen LogP contribution in [0.4, 0.5) is 0 Å². The van der Waals surface area contributed by atoms with Crippen molar-refractivity contribution in [3.63, 3.8) is 0 Å². The van der Waals surface area contributed by atoms with Crippen molar-refractivity contribution >= 4 is 27.8 Å². The van der Waals surface area contributed by atoms with Gasteiger partial charge in [0.05, 0.1) is 24.1 Å². The molecule has 1 aliphatic carbocycles. The van der Waals surface area contributed by atoms with Crippen LogP contribution in [0.1, 0.15) is 72.0 Å². The lowest BCUT2D eigenvalue weighted by Crippen LogP contribution is -2.38. The van der Waals surface area contributed by atoms with Gasteiger partial charge in [-0.3, -0.25) is 4.79 Å². The summed E-state index contributed by atoms with van der Waals surface area (Å²) in [5.74, 6) is 0.0737. The van der Waals surface area contributed by atoms with Gasteiger partial charge in [0.15, 0.2) is 0 Å². The van der Waals surface area contributed by atoms with Crippen LogP contribution in [0.2, 0.25) is 0 Å². The summed E-state index contributed by atoms with van der Waals surface area (Å²) in [6.45, 7) is 4.80. The molecule has 41 heavy (non-hydrogen) atoms. The third kappa shape index (κ3) is 5.51. The highest BCUT2D eigenvalue weighted by atomic mass is 16.3. The summed E-state index contributed by atoms with van der Waals surface area (Å²) in [6, 6.07) is 28.6. The van der Waals surface area contributed by atoms with Gasteiger partial charge in [0.25, 0.3) is 0 Å². The fourth-order valence-electron chi connectivity index (χ4n) is 6.84. The van der Waals surface area contributed by atoms with E-state index in [4.69, 9.17) is 4.98 Å². The summed E-state index contributed by atoms with van der Waals surface area (Å²) in [6.07, 6.45) is 5.67. The van der Waals surface area contributed by atoms with Crippen LogP contribution >= 0.6 is 0 Å². The minimum Gasteiger partial charge on any atom is -0.394 e. The van der Waals surface area contributed by atoms with Crippen LogP contribution in [0.5, 0.6) is 0 Å². The second kappa shape index (κ2) is 11.9. The molecule has 0 aliphatic heterocycles. The number of nitrogens with one attached hydrogen (secondary N) is 1. The smallest absolute Gasteiger partial charge is 0.228 e. The van der Waals surface area contributed by atoms with Gasteiger partial charge >= 0.3 is 0 Å². The number of aliphatic hydroxyl groups is 1. The average molecular weight is 546 g/mol. The number of para-hydroxylation sites is 1. The molecule has 2 atom stereocenters. The highest BCUT2D eigenvalue weighted by molar-refractivity contribution is 6.08. The topological polar surface area (TPSA) is 67.2 Å². The molecule has 0 bridgehead atoms. The molecule has 2 unspecified atom stereocenters. The monoisotopic (exact) mass is 545 g/mol. The summed E-state index contributed by atoms with van der Waals surface area (Å²) in [7, 11) is 0. The van der Waals surface area contributed by atoms with Gasteiger partial charge in [-0.25, -0.2) is 4.98 Å². The van der Waals surface area contributed by atoms with E-state index in [9.17, 15) is 9.90 Å². The lowest BCUT2D eigenvalue weighted by Gasteiger charge is -2.31. The molecule has 1 saturated carbocycles. The van der Waals surface area contributed by atoms with E-state index in [1.54, 1.807) is 0 Å². The van der Waals surface area contributed by atoms with E-state index in [0.717, 1.165) is 48.2 Å². The number of nitrogens with zero attached hydrogens (tertiary/aromatic N) is 2. The zero-order valence-corrected chi connectivity index (χ0v) is 24.0. The maximum absolute atomic E-state index is 13.8. The van der Waals surface area contributed by atoms with Crippen molar-refractivity contribution in [3.8, 4) is 0 Å². The largest absolute Gasteiger partial charge is 0.394 e. The number of fused-ring (bicyclic) bond motifs is 3. The molecule has 3 aromatic carbocycles. The van der Waals surface area contributed by atoms with Gasteiger partial charge in [0.1, 0.15) is 5.65 Å². The van der Waals surface area contributed by atoms with E-state index in [0.29, 0.717) is 12.5 Å². The molecule has 5 heteroatoms. The molecule has 1 aliphatic rings. The second-order valence-corrected chi connectivity index (χ2v) is 11.7. The summed E-state index contributed by atoms with van der Waals surface area (Å²) in [5.41, 5.74) is 7.62. The number of hydrogen-bond donors (Lipinski definition) is 2. The van der Waals surface area contributed by atoms with Crippen molar-refractivity contribution in [2.45, 2.75) is 64.5 Å². The number of rotatable bonds is 8. The molecule has 5 aromatic rings. The highest BCUT2D eigenvalue weighted by Crippen LogP contribution is 2.37. The molecule has 0 saturated heterocycles. The lowest BCUT2D eigenvalue weighted by molar-refractivity contribution is -0.125. The fourth-order valence-corrected chi connectivity index (χ4v) is 6.84. The van der Waals surface area contributed by atoms with E-state index in [1.807, 2.05) is 30.3 Å². The van der Waals surface area contributed by atoms with Crippen molar-refractivity contribution in [1.82, 2.24) is 14.9 Å². The maximum atomic E-state index is 13.8. The van der Waals surface area contributed by atoms with E-state index in [1.165, 1.54) is 33.8 Å². The van der Waals surface area contributed by atoms with Crippen LogP contribution in [-0.2, 0) is 11.3 Å². The Morgan fingerprint density at radius 1 is 0.927 bits per heavy atom. The molecular weight excluding hydrogens is 506 g/mol. The lowest BCUT2D eigenvalue weighted by atomic mass is 9.76. The molecular formula is C36H39N3O2. The zero-order valence-electron chi connectivity index (χ0n) is 24.0. The average Bonchev–Trinajstić information content (AvgIpc) is 3.31. The number of aliphatic hydroxyl groups excluding tert-OH is 1. The molecule has 6 rings (SSSR count). The van der Waals surface area contributed by atoms with E-state index < -0.39 is 6.04 Å². The molecule has 210 valence electrons. The number of benzene rings is 3. The molecule has 5 nitrogen and oxygen atoms in total. The van der Waals surface area contributed by atoms with Crippen LogP contribution < -0.4 is 5.32 Å². The Labute approximate surface area is 242 Å². The SMILES string of the molecule is Cc1cc(C)c2c3ccccc3n(Cc3ccc(C(C(=O)NC(CO)c4ccccc4)C4CCCCC4)cc3)c2n1. The zero-order chi connectivity index (χ0) is 28.3. The van der Waals surface area contributed by atoms with Crippen molar-refractivity contribution in [1.29, 1.82) is 0 Å². The molecule has 2 N–H and O–H groups in total. The molecule has 0 spiro atoms. The van der Waals surface area contributed by atoms with E-state index >= 15 is 0 Å². The first kappa shape index (κ1) is 27.2. The molecule has 0 radical (unpaired) electrons. The number of carbonyl (C=O) groups is 1. The second-order valence-electron chi connectivity index (χ2n) is 11.7. The molecule has 2 aromatic heterocycles. The first-order chi connectivity index (χ1) is 20.0. The maximum Gasteiger partial charge on any atom is 0.228 e. The normalized spacial score (nSPS) is 15.7. The predicted octanol–water partition coefficient (Wildman–Crippen LogP) is 7.37.